The fourth-order valence-electron chi connectivity index (χ4n) is 1.89. The van der Waals surface area contributed by atoms with Gasteiger partial charge in [0.15, 0.2) is 0 Å². The van der Waals surface area contributed by atoms with E-state index in [0.717, 1.165) is 23.6 Å². The van der Waals surface area contributed by atoms with Gasteiger partial charge in [0.1, 0.15) is 5.82 Å². The zero-order valence-corrected chi connectivity index (χ0v) is 10.2. The van der Waals surface area contributed by atoms with Gasteiger partial charge in [0.25, 0.3) is 0 Å². The van der Waals surface area contributed by atoms with Gasteiger partial charge >= 0.3 is 0 Å². The third-order valence-electron chi connectivity index (χ3n) is 2.81. The van der Waals surface area contributed by atoms with E-state index >= 15 is 0 Å². The first-order chi connectivity index (χ1) is 8.18. The highest BCUT2D eigenvalue weighted by molar-refractivity contribution is 5.51. The number of hydrogen-bond donors (Lipinski definition) is 1. The summed E-state index contributed by atoms with van der Waals surface area (Å²) >= 11 is 0. The van der Waals surface area contributed by atoms with E-state index in [4.69, 9.17) is 5.73 Å². The highest BCUT2D eigenvalue weighted by atomic mass is 15.2. The Bertz CT molecular complexity index is 508. The number of benzene rings is 1. The summed E-state index contributed by atoms with van der Waals surface area (Å²) in [7, 11) is 2.03. The lowest BCUT2D eigenvalue weighted by molar-refractivity contribution is 0.893. The first-order valence-electron chi connectivity index (χ1n) is 5.64. The van der Waals surface area contributed by atoms with Crippen LogP contribution in [0.1, 0.15) is 11.1 Å². The molecule has 1 heterocycles. The molecule has 0 amide bonds. The van der Waals surface area contributed by atoms with E-state index in [1.165, 1.54) is 5.56 Å². The van der Waals surface area contributed by atoms with Crippen molar-refractivity contribution in [1.82, 2.24) is 4.98 Å². The third-order valence-corrected chi connectivity index (χ3v) is 2.81. The molecule has 2 aromatic rings. The number of nitrogens with two attached hydrogens (primary N) is 1. The third kappa shape index (κ3) is 2.56. The maximum absolute atomic E-state index is 5.94. The van der Waals surface area contributed by atoms with E-state index in [0.29, 0.717) is 0 Å². The van der Waals surface area contributed by atoms with Crippen molar-refractivity contribution in [1.29, 1.82) is 0 Å². The summed E-state index contributed by atoms with van der Waals surface area (Å²) < 4.78 is 0. The smallest absolute Gasteiger partial charge is 0.131 e. The van der Waals surface area contributed by atoms with Gasteiger partial charge < -0.3 is 10.6 Å². The first kappa shape index (κ1) is 11.5. The Balaban J connectivity index is 2.20. The van der Waals surface area contributed by atoms with Crippen LogP contribution in [0.25, 0.3) is 0 Å². The zero-order chi connectivity index (χ0) is 12.3. The standard InChI is InChI=1S/C14H17N3/c1-11-6-5-9-16-14(11)17(2)10-12-7-3-4-8-13(12)15/h3-9H,10,15H2,1-2H3. The number of aryl methyl sites for hydroxylation is 1. The molecular formula is C14H17N3. The van der Waals surface area contributed by atoms with Gasteiger partial charge in [0.05, 0.1) is 0 Å². The van der Waals surface area contributed by atoms with Crippen molar-refractivity contribution in [3.8, 4) is 0 Å². The quantitative estimate of drug-likeness (QED) is 0.819. The topological polar surface area (TPSA) is 42.2 Å². The van der Waals surface area contributed by atoms with Crippen LogP contribution in [-0.4, -0.2) is 12.0 Å². The second kappa shape index (κ2) is 4.87. The number of rotatable bonds is 3. The fourth-order valence-corrected chi connectivity index (χ4v) is 1.89. The van der Waals surface area contributed by atoms with E-state index in [-0.39, 0.29) is 0 Å². The lowest BCUT2D eigenvalue weighted by Gasteiger charge is -2.20. The molecule has 2 rings (SSSR count). The predicted octanol–water partition coefficient (Wildman–Crippen LogP) is 2.61. The average Bonchev–Trinajstić information content (AvgIpc) is 2.32. The number of nitrogens with zero attached hydrogens (tertiary/aromatic N) is 2. The van der Waals surface area contributed by atoms with Crippen LogP contribution in [0.5, 0.6) is 0 Å². The molecule has 0 spiro atoms. The number of nitrogen functional groups attached to an aromatic ring is 1. The van der Waals surface area contributed by atoms with E-state index < -0.39 is 0 Å². The highest BCUT2D eigenvalue weighted by Crippen LogP contribution is 2.19. The molecule has 17 heavy (non-hydrogen) atoms. The van der Waals surface area contributed by atoms with Crippen molar-refractivity contribution in [2.75, 3.05) is 17.7 Å². The maximum atomic E-state index is 5.94. The molecule has 0 radical (unpaired) electrons. The molecule has 0 atom stereocenters. The SMILES string of the molecule is Cc1cccnc1N(C)Cc1ccccc1N. The average molecular weight is 227 g/mol. The minimum atomic E-state index is 0.768. The minimum Gasteiger partial charge on any atom is -0.398 e. The molecule has 0 unspecified atom stereocenters. The Morgan fingerprint density at radius 2 is 1.94 bits per heavy atom. The van der Waals surface area contributed by atoms with Gasteiger partial charge in [-0.15, -0.1) is 0 Å². The molecule has 2 N–H and O–H groups in total. The molecular weight excluding hydrogens is 210 g/mol. The molecule has 3 heteroatoms. The maximum Gasteiger partial charge on any atom is 0.131 e. The number of pyridine rings is 1. The van der Waals surface area contributed by atoms with Gasteiger partial charge in [-0.25, -0.2) is 4.98 Å². The van der Waals surface area contributed by atoms with Gasteiger partial charge in [-0.2, -0.15) is 0 Å². The molecule has 88 valence electrons. The second-order valence-corrected chi connectivity index (χ2v) is 4.20. The molecule has 1 aromatic heterocycles. The Morgan fingerprint density at radius 1 is 1.18 bits per heavy atom. The molecule has 0 aliphatic rings. The molecule has 3 nitrogen and oxygen atoms in total. The summed E-state index contributed by atoms with van der Waals surface area (Å²) in [5.74, 6) is 0.996. The van der Waals surface area contributed by atoms with Crippen molar-refractivity contribution in [3.05, 3.63) is 53.7 Å². The Kier molecular flexibility index (Phi) is 3.28. The molecule has 0 fully saturated rings. The van der Waals surface area contributed by atoms with Crippen LogP contribution in [0, 0.1) is 6.92 Å². The van der Waals surface area contributed by atoms with Gasteiger partial charge in [-0.3, -0.25) is 0 Å². The zero-order valence-electron chi connectivity index (χ0n) is 10.2. The Morgan fingerprint density at radius 3 is 2.65 bits per heavy atom. The van der Waals surface area contributed by atoms with Crippen LogP contribution in [0.2, 0.25) is 0 Å². The number of hydrogen-bond acceptors (Lipinski definition) is 3. The van der Waals surface area contributed by atoms with Crippen LogP contribution in [0.4, 0.5) is 11.5 Å². The number of aromatic nitrogens is 1. The fraction of sp³-hybridized carbons (Fsp3) is 0.214. The molecule has 1 aromatic carbocycles. The summed E-state index contributed by atoms with van der Waals surface area (Å²) in [5, 5.41) is 0. The van der Waals surface area contributed by atoms with Gasteiger partial charge in [-0.1, -0.05) is 24.3 Å². The lowest BCUT2D eigenvalue weighted by Crippen LogP contribution is -2.19. The second-order valence-electron chi connectivity index (χ2n) is 4.20. The van der Waals surface area contributed by atoms with Crippen LogP contribution in [0.15, 0.2) is 42.6 Å². The van der Waals surface area contributed by atoms with Crippen LogP contribution in [0.3, 0.4) is 0 Å². The van der Waals surface area contributed by atoms with Crippen LogP contribution in [-0.2, 0) is 6.54 Å². The number of para-hydroxylation sites is 1. The van der Waals surface area contributed by atoms with Crippen molar-refractivity contribution in [3.63, 3.8) is 0 Å². The summed E-state index contributed by atoms with van der Waals surface area (Å²) in [6.07, 6.45) is 1.81. The van der Waals surface area contributed by atoms with E-state index in [9.17, 15) is 0 Å². The summed E-state index contributed by atoms with van der Waals surface area (Å²) in [5.41, 5.74) is 9.06. The van der Waals surface area contributed by atoms with Crippen molar-refractivity contribution in [2.45, 2.75) is 13.5 Å². The normalized spacial score (nSPS) is 10.2. The number of anilines is 2. The van der Waals surface area contributed by atoms with E-state index in [1.54, 1.807) is 0 Å². The summed E-state index contributed by atoms with van der Waals surface area (Å²) in [6.45, 7) is 2.83. The monoisotopic (exact) mass is 227 g/mol. The summed E-state index contributed by atoms with van der Waals surface area (Å²) in [4.78, 5) is 6.50. The largest absolute Gasteiger partial charge is 0.398 e. The molecule has 0 saturated heterocycles. The van der Waals surface area contributed by atoms with Crippen molar-refractivity contribution >= 4 is 11.5 Å². The van der Waals surface area contributed by atoms with E-state index in [2.05, 4.69) is 22.9 Å². The molecule has 0 aliphatic heterocycles. The van der Waals surface area contributed by atoms with E-state index in [1.807, 2.05) is 43.6 Å². The van der Waals surface area contributed by atoms with Crippen LogP contribution < -0.4 is 10.6 Å². The van der Waals surface area contributed by atoms with Gasteiger partial charge in [0.2, 0.25) is 0 Å². The predicted molar refractivity (Wildman–Crippen MR) is 71.9 cm³/mol. The first-order valence-corrected chi connectivity index (χ1v) is 5.64. The summed E-state index contributed by atoms with van der Waals surface area (Å²) in [6, 6.07) is 11.9. The Labute approximate surface area is 102 Å². The highest BCUT2D eigenvalue weighted by Gasteiger charge is 2.07. The van der Waals surface area contributed by atoms with Crippen LogP contribution >= 0.6 is 0 Å². The van der Waals surface area contributed by atoms with Gasteiger partial charge in [-0.05, 0) is 30.2 Å². The van der Waals surface area contributed by atoms with Crippen molar-refractivity contribution < 1.29 is 0 Å². The molecule has 0 aliphatic carbocycles. The Hall–Kier alpha value is -2.03. The molecule has 0 saturated carbocycles. The molecule has 0 bridgehead atoms. The minimum absolute atomic E-state index is 0.768. The van der Waals surface area contributed by atoms with Crippen molar-refractivity contribution in [2.24, 2.45) is 0 Å². The lowest BCUT2D eigenvalue weighted by atomic mass is 10.1. The van der Waals surface area contributed by atoms with Gasteiger partial charge in [0, 0.05) is 25.5 Å².